The lowest BCUT2D eigenvalue weighted by Gasteiger charge is -2.10. The van der Waals surface area contributed by atoms with E-state index >= 15 is 0 Å². The molecule has 0 saturated heterocycles. The van der Waals surface area contributed by atoms with Crippen LogP contribution in [0.25, 0.3) is 6.08 Å². The fourth-order valence-electron chi connectivity index (χ4n) is 2.78. The summed E-state index contributed by atoms with van der Waals surface area (Å²) in [6, 6.07) is 17.3. The van der Waals surface area contributed by atoms with Gasteiger partial charge < -0.3 is 16.0 Å². The number of rotatable bonds is 7. The Morgan fingerprint density at radius 3 is 2.45 bits per heavy atom. The minimum absolute atomic E-state index is 0.171. The molecular weight excluding hydrogens is 362 g/mol. The molecule has 0 radical (unpaired) electrons. The average Bonchev–Trinajstić information content (AvgIpc) is 2.69. The van der Waals surface area contributed by atoms with E-state index in [1.54, 1.807) is 6.08 Å². The first-order valence-electron chi connectivity index (χ1n) is 9.55. The molecule has 3 N–H and O–H groups in total. The third-order valence-corrected chi connectivity index (χ3v) is 4.22. The summed E-state index contributed by atoms with van der Waals surface area (Å²) in [5, 5.41) is 9.24. The van der Waals surface area contributed by atoms with E-state index < -0.39 is 0 Å². The van der Waals surface area contributed by atoms with Crippen LogP contribution < -0.4 is 16.0 Å². The van der Waals surface area contributed by atoms with Crippen molar-refractivity contribution in [2.45, 2.75) is 20.8 Å². The van der Waals surface area contributed by atoms with Crippen molar-refractivity contribution >= 4 is 35.1 Å². The zero-order valence-corrected chi connectivity index (χ0v) is 16.9. The van der Waals surface area contributed by atoms with Crippen molar-refractivity contribution in [3.63, 3.8) is 0 Å². The molecule has 0 bridgehead atoms. The van der Waals surface area contributed by atoms with E-state index in [4.69, 9.17) is 0 Å². The Kier molecular flexibility index (Phi) is 6.58. The molecule has 2 aromatic carbocycles. The molecule has 0 atom stereocenters. The summed E-state index contributed by atoms with van der Waals surface area (Å²) in [6.45, 7) is 6.71. The molecule has 148 valence electrons. The number of carbonyl (C=O) groups is 1. The number of benzene rings is 2. The Balaban J connectivity index is 1.61. The molecular formula is C23H25N5O. The highest BCUT2D eigenvalue weighted by atomic mass is 16.1. The molecule has 3 rings (SSSR count). The Bertz CT molecular complexity index is 1010. The first-order valence-corrected chi connectivity index (χ1v) is 9.55. The first-order chi connectivity index (χ1) is 14.0. The van der Waals surface area contributed by atoms with Crippen LogP contribution in [0.2, 0.25) is 0 Å². The predicted molar refractivity (Wildman–Crippen MR) is 120 cm³/mol. The molecule has 0 aliphatic carbocycles. The number of nitrogens with zero attached hydrogens (tertiary/aromatic N) is 2. The number of aromatic nitrogens is 2. The smallest absolute Gasteiger partial charge is 0.248 e. The Morgan fingerprint density at radius 1 is 1.00 bits per heavy atom. The van der Waals surface area contributed by atoms with Crippen LogP contribution in [-0.2, 0) is 4.79 Å². The summed E-state index contributed by atoms with van der Waals surface area (Å²) in [5.41, 5.74) is 4.63. The maximum atomic E-state index is 12.2. The maximum absolute atomic E-state index is 12.2. The number of hydrogen-bond acceptors (Lipinski definition) is 5. The van der Waals surface area contributed by atoms with Crippen LogP contribution in [0.1, 0.15) is 23.7 Å². The van der Waals surface area contributed by atoms with Gasteiger partial charge in [-0.15, -0.1) is 0 Å². The molecule has 0 fully saturated rings. The van der Waals surface area contributed by atoms with Gasteiger partial charge in [0.15, 0.2) is 0 Å². The molecule has 6 heteroatoms. The Hall–Kier alpha value is -3.67. The molecule has 3 aromatic rings. The Labute approximate surface area is 171 Å². The third-order valence-electron chi connectivity index (χ3n) is 4.22. The van der Waals surface area contributed by atoms with Crippen molar-refractivity contribution < 1.29 is 4.79 Å². The fourth-order valence-corrected chi connectivity index (χ4v) is 2.78. The van der Waals surface area contributed by atoms with Gasteiger partial charge in [-0.1, -0.05) is 24.3 Å². The largest absolute Gasteiger partial charge is 0.354 e. The van der Waals surface area contributed by atoms with Gasteiger partial charge in [-0.2, -0.15) is 4.98 Å². The highest BCUT2D eigenvalue weighted by Gasteiger charge is 2.03. The lowest BCUT2D eigenvalue weighted by atomic mass is 10.1. The zero-order valence-electron chi connectivity index (χ0n) is 16.9. The second kappa shape index (κ2) is 9.50. The number of nitrogens with one attached hydrogen (secondary N) is 3. The summed E-state index contributed by atoms with van der Waals surface area (Å²) in [6.07, 6.45) is 3.36. The molecule has 6 nitrogen and oxygen atoms in total. The first kappa shape index (κ1) is 20.1. The SMILES string of the molecule is CCNc1nc(C)cc(Nc2ccc(NC(=O)/C=C/c3ccccc3C)cc2)n1. The Morgan fingerprint density at radius 2 is 1.72 bits per heavy atom. The van der Waals surface area contributed by atoms with Crippen molar-refractivity contribution in [3.8, 4) is 0 Å². The summed E-state index contributed by atoms with van der Waals surface area (Å²) >= 11 is 0. The lowest BCUT2D eigenvalue weighted by molar-refractivity contribution is -0.111. The van der Waals surface area contributed by atoms with E-state index in [9.17, 15) is 4.79 Å². The van der Waals surface area contributed by atoms with Gasteiger partial charge in [0.2, 0.25) is 11.9 Å². The standard InChI is InChI=1S/C23H25N5O/c1-4-24-23-25-17(3)15-21(28-23)26-19-10-12-20(13-11-19)27-22(29)14-9-18-8-6-5-7-16(18)2/h5-15H,4H2,1-3H3,(H,27,29)(H2,24,25,26,28)/b14-9+. The second-order valence-corrected chi connectivity index (χ2v) is 6.63. The van der Waals surface area contributed by atoms with Crippen molar-refractivity contribution in [2.75, 3.05) is 22.5 Å². The molecule has 0 unspecified atom stereocenters. The molecule has 0 aliphatic rings. The number of hydrogen-bond donors (Lipinski definition) is 3. The van der Waals surface area contributed by atoms with E-state index in [1.807, 2.05) is 81.4 Å². The monoisotopic (exact) mass is 387 g/mol. The van der Waals surface area contributed by atoms with Crippen LogP contribution in [-0.4, -0.2) is 22.4 Å². The van der Waals surface area contributed by atoms with E-state index in [-0.39, 0.29) is 5.91 Å². The fraction of sp³-hybridized carbons (Fsp3) is 0.174. The third kappa shape index (κ3) is 5.90. The van der Waals surface area contributed by atoms with Gasteiger partial charge in [-0.25, -0.2) is 4.98 Å². The van der Waals surface area contributed by atoms with Gasteiger partial charge in [0.25, 0.3) is 0 Å². The van der Waals surface area contributed by atoms with E-state index in [0.717, 1.165) is 34.7 Å². The van der Waals surface area contributed by atoms with E-state index in [0.29, 0.717) is 11.8 Å². The summed E-state index contributed by atoms with van der Waals surface area (Å²) in [5.74, 6) is 1.14. The maximum Gasteiger partial charge on any atom is 0.248 e. The van der Waals surface area contributed by atoms with Crippen molar-refractivity contribution in [3.05, 3.63) is 77.5 Å². The van der Waals surface area contributed by atoms with E-state index in [2.05, 4.69) is 25.9 Å². The topological polar surface area (TPSA) is 78.9 Å². The van der Waals surface area contributed by atoms with Crippen molar-refractivity contribution in [1.29, 1.82) is 0 Å². The van der Waals surface area contributed by atoms with Crippen LogP contribution in [0.5, 0.6) is 0 Å². The number of carbonyl (C=O) groups excluding carboxylic acids is 1. The van der Waals surface area contributed by atoms with E-state index in [1.165, 1.54) is 0 Å². The molecule has 0 aliphatic heterocycles. The highest BCUT2D eigenvalue weighted by Crippen LogP contribution is 2.19. The molecule has 0 saturated carbocycles. The normalized spacial score (nSPS) is 10.7. The molecule has 1 aromatic heterocycles. The average molecular weight is 387 g/mol. The van der Waals surface area contributed by atoms with Crippen molar-refractivity contribution in [1.82, 2.24) is 9.97 Å². The predicted octanol–water partition coefficient (Wildman–Crippen LogP) is 4.92. The molecule has 29 heavy (non-hydrogen) atoms. The number of aryl methyl sites for hydroxylation is 2. The molecule has 1 heterocycles. The summed E-state index contributed by atoms with van der Waals surface area (Å²) < 4.78 is 0. The summed E-state index contributed by atoms with van der Waals surface area (Å²) in [7, 11) is 0. The van der Waals surface area contributed by atoms with Gasteiger partial charge in [-0.3, -0.25) is 4.79 Å². The highest BCUT2D eigenvalue weighted by molar-refractivity contribution is 6.02. The van der Waals surface area contributed by atoms with Crippen molar-refractivity contribution in [2.24, 2.45) is 0 Å². The number of anilines is 4. The van der Waals surface area contributed by atoms with Crippen LogP contribution in [0.3, 0.4) is 0 Å². The minimum Gasteiger partial charge on any atom is -0.354 e. The van der Waals surface area contributed by atoms with Gasteiger partial charge in [0.05, 0.1) is 0 Å². The zero-order chi connectivity index (χ0) is 20.6. The van der Waals surface area contributed by atoms with Gasteiger partial charge >= 0.3 is 0 Å². The van der Waals surface area contributed by atoms with Gasteiger partial charge in [0, 0.05) is 35.8 Å². The minimum atomic E-state index is -0.171. The number of amides is 1. The van der Waals surface area contributed by atoms with Crippen LogP contribution >= 0.6 is 0 Å². The van der Waals surface area contributed by atoms with Crippen LogP contribution in [0.4, 0.5) is 23.1 Å². The lowest BCUT2D eigenvalue weighted by Crippen LogP contribution is -2.08. The summed E-state index contributed by atoms with van der Waals surface area (Å²) in [4.78, 5) is 21.0. The van der Waals surface area contributed by atoms with Crippen LogP contribution in [0.15, 0.2) is 60.7 Å². The van der Waals surface area contributed by atoms with Gasteiger partial charge in [0.1, 0.15) is 5.82 Å². The van der Waals surface area contributed by atoms with Crippen LogP contribution in [0, 0.1) is 13.8 Å². The second-order valence-electron chi connectivity index (χ2n) is 6.63. The van der Waals surface area contributed by atoms with Gasteiger partial charge in [-0.05, 0) is 62.2 Å². The quantitative estimate of drug-likeness (QED) is 0.502. The molecule has 1 amide bonds. The molecule has 0 spiro atoms.